The molecule has 0 fully saturated rings. The van der Waals surface area contributed by atoms with E-state index < -0.39 is 0 Å². The van der Waals surface area contributed by atoms with E-state index in [1.54, 1.807) is 17.8 Å². The molecule has 0 N–H and O–H groups in total. The van der Waals surface area contributed by atoms with Crippen LogP contribution in [0, 0.1) is 0 Å². The molecule has 0 heterocycles. The molecule has 0 spiro atoms. The van der Waals surface area contributed by atoms with Gasteiger partial charge in [0.2, 0.25) is 0 Å². The molecule has 2 heteroatoms. The van der Waals surface area contributed by atoms with E-state index in [0.717, 1.165) is 16.4 Å². The lowest BCUT2D eigenvalue weighted by Gasteiger charge is -2.05. The molecule has 0 rings (SSSR count). The minimum Gasteiger partial charge on any atom is -0.488 e. The molecule has 0 radical (unpaired) electrons. The summed E-state index contributed by atoms with van der Waals surface area (Å²) in [6.45, 7) is 13.7. The fourth-order valence-electron chi connectivity index (χ4n) is 0.693. The van der Waals surface area contributed by atoms with Crippen LogP contribution < -0.4 is 0 Å². The second kappa shape index (κ2) is 7.74. The van der Waals surface area contributed by atoms with Crippen molar-refractivity contribution in [3.8, 4) is 0 Å². The molecule has 0 saturated carbocycles. The molecule has 0 aliphatic heterocycles. The van der Waals surface area contributed by atoms with E-state index in [4.69, 9.17) is 4.74 Å². The summed E-state index contributed by atoms with van der Waals surface area (Å²) in [5, 5.41) is 0.749. The highest BCUT2D eigenvalue weighted by Gasteiger charge is 1.96. The van der Waals surface area contributed by atoms with Crippen LogP contribution in [0.1, 0.15) is 6.92 Å². The molecule has 0 saturated heterocycles. The molecule has 0 aromatic carbocycles. The zero-order valence-electron chi connectivity index (χ0n) is 8.08. The van der Waals surface area contributed by atoms with E-state index >= 15 is 0 Å². The van der Waals surface area contributed by atoms with Gasteiger partial charge in [0.05, 0.1) is 6.61 Å². The molecule has 0 aliphatic rings. The fourth-order valence-corrected chi connectivity index (χ4v) is 1.44. The minimum absolute atomic E-state index is 0.667. The van der Waals surface area contributed by atoms with Crippen LogP contribution in [0.4, 0.5) is 0 Å². The Kier molecular flexibility index (Phi) is 7.21. The van der Waals surface area contributed by atoms with Gasteiger partial charge in [0, 0.05) is 5.75 Å². The van der Waals surface area contributed by atoms with E-state index in [2.05, 4.69) is 19.7 Å². The largest absolute Gasteiger partial charge is 0.488 e. The average Bonchev–Trinajstić information content (AvgIpc) is 2.12. The summed E-state index contributed by atoms with van der Waals surface area (Å²) in [6, 6.07) is 0. The number of thioether (sulfide) groups is 1. The summed E-state index contributed by atoms with van der Waals surface area (Å²) >= 11 is 1.57. The first-order valence-corrected chi connectivity index (χ1v) is 5.11. The van der Waals surface area contributed by atoms with Crippen LogP contribution in [-0.2, 0) is 4.74 Å². The van der Waals surface area contributed by atoms with Crippen molar-refractivity contribution in [1.82, 2.24) is 0 Å². The fraction of sp³-hybridized carbons (Fsp3) is 0.273. The maximum absolute atomic E-state index is 5.20. The third kappa shape index (κ3) is 6.29. The van der Waals surface area contributed by atoms with E-state index in [9.17, 15) is 0 Å². The topological polar surface area (TPSA) is 9.23 Å². The van der Waals surface area contributed by atoms with E-state index in [1.807, 2.05) is 19.1 Å². The highest BCUT2D eigenvalue weighted by molar-refractivity contribution is 8.03. The van der Waals surface area contributed by atoms with Crippen LogP contribution in [0.2, 0.25) is 0 Å². The summed E-state index contributed by atoms with van der Waals surface area (Å²) in [5.74, 6) is 0.828. The van der Waals surface area contributed by atoms with E-state index in [0.29, 0.717) is 6.61 Å². The zero-order chi connectivity index (χ0) is 10.1. The Morgan fingerprint density at radius 3 is 2.62 bits per heavy atom. The normalized spacial score (nSPS) is 10.7. The van der Waals surface area contributed by atoms with Crippen LogP contribution in [0.3, 0.4) is 0 Å². The van der Waals surface area contributed by atoms with Crippen molar-refractivity contribution in [2.75, 3.05) is 12.4 Å². The second-order valence-electron chi connectivity index (χ2n) is 2.28. The third-order valence-corrected chi connectivity index (χ3v) is 2.22. The SMILES string of the molecule is C=C/C=C(\C=C)CSC(=C)OCC. The first kappa shape index (κ1) is 12.1. The number of ether oxygens (including phenoxy) is 1. The molecule has 72 valence electrons. The van der Waals surface area contributed by atoms with Crippen LogP contribution >= 0.6 is 11.8 Å². The van der Waals surface area contributed by atoms with Crippen LogP contribution in [0.15, 0.2) is 48.6 Å². The van der Waals surface area contributed by atoms with Gasteiger partial charge in [0.1, 0.15) is 5.09 Å². The van der Waals surface area contributed by atoms with Gasteiger partial charge in [-0.15, -0.1) is 0 Å². The average molecular weight is 196 g/mol. The highest BCUT2D eigenvalue weighted by Crippen LogP contribution is 2.18. The van der Waals surface area contributed by atoms with Gasteiger partial charge >= 0.3 is 0 Å². The van der Waals surface area contributed by atoms with Crippen molar-refractivity contribution in [2.24, 2.45) is 0 Å². The third-order valence-electron chi connectivity index (χ3n) is 1.30. The molecule has 0 bridgehead atoms. The standard InChI is InChI=1S/C11H16OS/c1-5-8-11(6-2)9-13-10(4)12-7-3/h5-6,8H,1-2,4,7,9H2,3H3/b11-8+. The lowest BCUT2D eigenvalue weighted by atomic mass is 10.3. The van der Waals surface area contributed by atoms with Gasteiger partial charge in [-0.25, -0.2) is 0 Å². The molecule has 0 atom stereocenters. The number of hydrogen-bond donors (Lipinski definition) is 0. The summed E-state index contributed by atoms with van der Waals surface area (Å²) in [5.41, 5.74) is 1.13. The van der Waals surface area contributed by atoms with Crippen molar-refractivity contribution in [1.29, 1.82) is 0 Å². The Hall–Kier alpha value is -0.890. The molecule has 0 unspecified atom stereocenters. The van der Waals surface area contributed by atoms with Gasteiger partial charge in [-0.3, -0.25) is 0 Å². The van der Waals surface area contributed by atoms with Gasteiger partial charge in [-0.05, 0) is 19.1 Å². The van der Waals surface area contributed by atoms with E-state index in [1.165, 1.54) is 0 Å². The monoisotopic (exact) mass is 196 g/mol. The number of rotatable bonds is 7. The first-order valence-electron chi connectivity index (χ1n) is 4.13. The number of hydrogen-bond acceptors (Lipinski definition) is 2. The maximum atomic E-state index is 5.20. The smallest absolute Gasteiger partial charge is 0.146 e. The Balaban J connectivity index is 3.85. The molecule has 0 aromatic rings. The Labute approximate surface area is 84.9 Å². The number of allylic oxidation sites excluding steroid dienone is 3. The summed E-state index contributed by atoms with van der Waals surface area (Å²) < 4.78 is 5.20. The lowest BCUT2D eigenvalue weighted by molar-refractivity contribution is 0.259. The van der Waals surface area contributed by atoms with Crippen LogP contribution in [-0.4, -0.2) is 12.4 Å². The maximum Gasteiger partial charge on any atom is 0.146 e. The quantitative estimate of drug-likeness (QED) is 0.455. The van der Waals surface area contributed by atoms with Gasteiger partial charge in [-0.1, -0.05) is 43.1 Å². The van der Waals surface area contributed by atoms with Crippen molar-refractivity contribution in [3.05, 3.63) is 48.6 Å². The summed E-state index contributed by atoms with van der Waals surface area (Å²) in [7, 11) is 0. The Morgan fingerprint density at radius 1 is 1.46 bits per heavy atom. The molecule has 0 aliphatic carbocycles. The van der Waals surface area contributed by atoms with Crippen LogP contribution in [0.25, 0.3) is 0 Å². The van der Waals surface area contributed by atoms with Crippen LogP contribution in [0.5, 0.6) is 0 Å². The molecule has 1 nitrogen and oxygen atoms in total. The van der Waals surface area contributed by atoms with Crippen molar-refractivity contribution < 1.29 is 4.74 Å². The zero-order valence-corrected chi connectivity index (χ0v) is 8.90. The second-order valence-corrected chi connectivity index (χ2v) is 3.31. The van der Waals surface area contributed by atoms with Crippen molar-refractivity contribution >= 4 is 11.8 Å². The Bertz CT molecular complexity index is 216. The minimum atomic E-state index is 0.667. The molecule has 13 heavy (non-hydrogen) atoms. The van der Waals surface area contributed by atoms with Crippen molar-refractivity contribution in [2.45, 2.75) is 6.92 Å². The molecule has 0 aromatic heterocycles. The molecular weight excluding hydrogens is 180 g/mol. The predicted octanol–water partition coefficient (Wildman–Crippen LogP) is 3.53. The van der Waals surface area contributed by atoms with Gasteiger partial charge < -0.3 is 4.74 Å². The highest BCUT2D eigenvalue weighted by atomic mass is 32.2. The predicted molar refractivity (Wildman–Crippen MR) is 61.7 cm³/mol. The van der Waals surface area contributed by atoms with Gasteiger partial charge in [-0.2, -0.15) is 0 Å². The lowest BCUT2D eigenvalue weighted by Crippen LogP contribution is -1.88. The first-order chi connectivity index (χ1) is 6.24. The summed E-state index contributed by atoms with van der Waals surface area (Å²) in [4.78, 5) is 0. The van der Waals surface area contributed by atoms with E-state index in [-0.39, 0.29) is 0 Å². The van der Waals surface area contributed by atoms with Gasteiger partial charge in [0.25, 0.3) is 0 Å². The summed E-state index contributed by atoms with van der Waals surface area (Å²) in [6.07, 6.45) is 5.49. The molecule has 0 amide bonds. The van der Waals surface area contributed by atoms with Gasteiger partial charge in [0.15, 0.2) is 0 Å². The van der Waals surface area contributed by atoms with Crippen molar-refractivity contribution in [3.63, 3.8) is 0 Å². The molecular formula is C11H16OS. The Morgan fingerprint density at radius 2 is 2.15 bits per heavy atom.